The molecule has 0 spiro atoms. The Morgan fingerprint density at radius 3 is 3.00 bits per heavy atom. The first-order chi connectivity index (χ1) is 8.16. The second-order valence-electron chi connectivity index (χ2n) is 4.96. The molecule has 2 unspecified atom stereocenters. The Hall–Kier alpha value is -0.930. The van der Waals surface area contributed by atoms with Crippen LogP contribution in [0, 0.1) is 5.82 Å². The van der Waals surface area contributed by atoms with Gasteiger partial charge in [0.2, 0.25) is 0 Å². The predicted molar refractivity (Wildman–Crippen MR) is 68.5 cm³/mol. The highest BCUT2D eigenvalue weighted by Crippen LogP contribution is 2.20. The number of halogens is 1. The summed E-state index contributed by atoms with van der Waals surface area (Å²) in [5, 5.41) is 3.49. The minimum Gasteiger partial charge on any atom is -0.313 e. The van der Waals surface area contributed by atoms with Crippen molar-refractivity contribution in [2.75, 3.05) is 20.1 Å². The van der Waals surface area contributed by atoms with Gasteiger partial charge in [-0.2, -0.15) is 0 Å². The van der Waals surface area contributed by atoms with Crippen molar-refractivity contribution < 1.29 is 4.39 Å². The Bertz CT molecular complexity index is 361. The van der Waals surface area contributed by atoms with Crippen molar-refractivity contribution in [1.29, 1.82) is 0 Å². The Morgan fingerprint density at radius 2 is 2.35 bits per heavy atom. The maximum atomic E-state index is 13.2. The lowest BCUT2D eigenvalue weighted by Gasteiger charge is -2.27. The fraction of sp³-hybridized carbons (Fsp3) is 0.571. The van der Waals surface area contributed by atoms with Crippen LogP contribution in [-0.4, -0.2) is 31.1 Å². The molecule has 3 heteroatoms. The molecule has 0 saturated carbocycles. The van der Waals surface area contributed by atoms with Gasteiger partial charge in [0.1, 0.15) is 5.82 Å². The summed E-state index contributed by atoms with van der Waals surface area (Å²) in [6, 6.07) is 7.75. The zero-order valence-electron chi connectivity index (χ0n) is 10.6. The summed E-state index contributed by atoms with van der Waals surface area (Å²) >= 11 is 0. The van der Waals surface area contributed by atoms with E-state index in [2.05, 4.69) is 24.2 Å². The highest BCUT2D eigenvalue weighted by Gasteiger charge is 2.19. The van der Waals surface area contributed by atoms with Crippen molar-refractivity contribution in [3.05, 3.63) is 35.6 Å². The Kier molecular flexibility index (Phi) is 4.13. The van der Waals surface area contributed by atoms with Gasteiger partial charge in [0.05, 0.1) is 0 Å². The Labute approximate surface area is 103 Å². The average molecular weight is 236 g/mol. The van der Waals surface area contributed by atoms with Gasteiger partial charge in [0, 0.05) is 18.6 Å². The van der Waals surface area contributed by atoms with E-state index < -0.39 is 0 Å². The summed E-state index contributed by atoms with van der Waals surface area (Å²) in [6.07, 6.45) is 2.52. The van der Waals surface area contributed by atoms with Gasteiger partial charge in [-0.25, -0.2) is 4.39 Å². The molecule has 0 amide bonds. The first-order valence-electron chi connectivity index (χ1n) is 6.36. The lowest BCUT2D eigenvalue weighted by atomic mass is 10.1. The number of likely N-dealkylation sites (N-methyl/N-ethyl adjacent to an activating group) is 1. The number of hydrogen-bond donors (Lipinski definition) is 1. The number of nitrogens with zero attached hydrogens (tertiary/aromatic N) is 1. The van der Waals surface area contributed by atoms with Crippen LogP contribution in [0.4, 0.5) is 4.39 Å². The summed E-state index contributed by atoms with van der Waals surface area (Å²) in [4.78, 5) is 2.29. The molecule has 0 radical (unpaired) electrons. The standard InChI is InChI=1S/C14H21FN2/c1-11(12-5-3-6-13(15)9-12)17(2)10-14-7-4-8-16-14/h3,5-6,9,11,14,16H,4,7-8,10H2,1-2H3. The zero-order valence-corrected chi connectivity index (χ0v) is 10.6. The molecule has 94 valence electrons. The normalized spacial score (nSPS) is 22.0. The third-order valence-corrected chi connectivity index (χ3v) is 3.66. The van der Waals surface area contributed by atoms with Crippen LogP contribution in [0.15, 0.2) is 24.3 Å². The average Bonchev–Trinajstić information content (AvgIpc) is 2.80. The summed E-state index contributed by atoms with van der Waals surface area (Å²) in [6.45, 7) is 4.29. The van der Waals surface area contributed by atoms with Crippen LogP contribution in [-0.2, 0) is 0 Å². The molecular weight excluding hydrogens is 215 g/mol. The van der Waals surface area contributed by atoms with Gasteiger partial charge in [-0.05, 0) is 51.1 Å². The van der Waals surface area contributed by atoms with Gasteiger partial charge in [0.25, 0.3) is 0 Å². The van der Waals surface area contributed by atoms with Gasteiger partial charge in [-0.15, -0.1) is 0 Å². The smallest absolute Gasteiger partial charge is 0.123 e. The van der Waals surface area contributed by atoms with E-state index in [1.165, 1.54) is 18.9 Å². The van der Waals surface area contributed by atoms with E-state index in [9.17, 15) is 4.39 Å². The molecular formula is C14H21FN2. The highest BCUT2D eigenvalue weighted by atomic mass is 19.1. The molecule has 0 bridgehead atoms. The third-order valence-electron chi connectivity index (χ3n) is 3.66. The maximum absolute atomic E-state index is 13.2. The van der Waals surface area contributed by atoms with Gasteiger partial charge >= 0.3 is 0 Å². The summed E-state index contributed by atoms with van der Waals surface area (Å²) < 4.78 is 13.2. The van der Waals surface area contributed by atoms with Crippen LogP contribution in [0.25, 0.3) is 0 Å². The zero-order chi connectivity index (χ0) is 12.3. The summed E-state index contributed by atoms with van der Waals surface area (Å²) in [7, 11) is 2.11. The molecule has 2 rings (SSSR count). The minimum absolute atomic E-state index is 0.151. The quantitative estimate of drug-likeness (QED) is 0.864. The van der Waals surface area contributed by atoms with Crippen molar-refractivity contribution in [2.24, 2.45) is 0 Å². The van der Waals surface area contributed by atoms with Crippen molar-refractivity contribution in [1.82, 2.24) is 10.2 Å². The van der Waals surface area contributed by atoms with E-state index in [0.717, 1.165) is 18.7 Å². The molecule has 0 aliphatic carbocycles. The molecule has 1 aliphatic rings. The van der Waals surface area contributed by atoms with E-state index in [-0.39, 0.29) is 11.9 Å². The van der Waals surface area contributed by atoms with Crippen molar-refractivity contribution >= 4 is 0 Å². The van der Waals surface area contributed by atoms with Crippen LogP contribution < -0.4 is 5.32 Å². The molecule has 2 atom stereocenters. The Balaban J connectivity index is 1.96. The first-order valence-corrected chi connectivity index (χ1v) is 6.36. The van der Waals surface area contributed by atoms with E-state index in [4.69, 9.17) is 0 Å². The molecule has 1 fully saturated rings. The number of benzene rings is 1. The largest absolute Gasteiger partial charge is 0.313 e. The van der Waals surface area contributed by atoms with Crippen LogP contribution >= 0.6 is 0 Å². The second kappa shape index (κ2) is 5.61. The van der Waals surface area contributed by atoms with Crippen LogP contribution in [0.3, 0.4) is 0 Å². The van der Waals surface area contributed by atoms with Crippen molar-refractivity contribution in [3.63, 3.8) is 0 Å². The lowest BCUT2D eigenvalue weighted by molar-refractivity contribution is 0.238. The van der Waals surface area contributed by atoms with Gasteiger partial charge < -0.3 is 5.32 Å². The van der Waals surface area contributed by atoms with Crippen molar-refractivity contribution in [3.8, 4) is 0 Å². The van der Waals surface area contributed by atoms with Crippen LogP contribution in [0.5, 0.6) is 0 Å². The molecule has 1 N–H and O–H groups in total. The van der Waals surface area contributed by atoms with E-state index in [0.29, 0.717) is 6.04 Å². The molecule has 1 aliphatic heterocycles. The summed E-state index contributed by atoms with van der Waals surface area (Å²) in [5.41, 5.74) is 1.05. The molecule has 1 saturated heterocycles. The lowest BCUT2D eigenvalue weighted by Crippen LogP contribution is -2.36. The van der Waals surface area contributed by atoms with Crippen molar-refractivity contribution in [2.45, 2.75) is 31.8 Å². The monoisotopic (exact) mass is 236 g/mol. The highest BCUT2D eigenvalue weighted by molar-refractivity contribution is 5.19. The number of hydrogen-bond acceptors (Lipinski definition) is 2. The Morgan fingerprint density at radius 1 is 1.53 bits per heavy atom. The van der Waals surface area contributed by atoms with Crippen LogP contribution in [0.2, 0.25) is 0 Å². The number of nitrogens with one attached hydrogen (secondary N) is 1. The fourth-order valence-corrected chi connectivity index (χ4v) is 2.44. The fourth-order valence-electron chi connectivity index (χ4n) is 2.44. The molecule has 0 aromatic heterocycles. The first kappa shape index (κ1) is 12.5. The van der Waals surface area contributed by atoms with Gasteiger partial charge in [-0.3, -0.25) is 4.90 Å². The van der Waals surface area contributed by atoms with Gasteiger partial charge in [0.15, 0.2) is 0 Å². The molecule has 1 heterocycles. The predicted octanol–water partition coefficient (Wildman–Crippen LogP) is 2.57. The molecule has 17 heavy (non-hydrogen) atoms. The number of rotatable bonds is 4. The topological polar surface area (TPSA) is 15.3 Å². The van der Waals surface area contributed by atoms with Crippen LogP contribution in [0.1, 0.15) is 31.4 Å². The molecule has 1 aromatic rings. The minimum atomic E-state index is -0.151. The molecule has 1 aromatic carbocycles. The van der Waals surface area contributed by atoms with E-state index >= 15 is 0 Å². The van der Waals surface area contributed by atoms with E-state index in [1.54, 1.807) is 12.1 Å². The third kappa shape index (κ3) is 3.27. The van der Waals surface area contributed by atoms with Gasteiger partial charge in [-0.1, -0.05) is 12.1 Å². The maximum Gasteiger partial charge on any atom is 0.123 e. The molecule has 2 nitrogen and oxygen atoms in total. The summed E-state index contributed by atoms with van der Waals surface area (Å²) in [5.74, 6) is -0.151. The van der Waals surface area contributed by atoms with E-state index in [1.807, 2.05) is 6.07 Å². The second-order valence-corrected chi connectivity index (χ2v) is 4.96. The SMILES string of the molecule is CC(c1cccc(F)c1)N(C)CC1CCCN1.